The van der Waals surface area contributed by atoms with Crippen LogP contribution in [0.5, 0.6) is 0 Å². The Kier molecular flexibility index (Phi) is 13.1. The second kappa shape index (κ2) is 15.5. The number of likely N-dealkylation sites (tertiary alicyclic amines) is 1. The molecule has 2 aliphatic rings. The molecule has 0 spiro atoms. The molecule has 2 fully saturated rings. The van der Waals surface area contributed by atoms with Crippen molar-refractivity contribution < 1.29 is 14.3 Å². The summed E-state index contributed by atoms with van der Waals surface area (Å²) in [5, 5.41) is 3.36. The Balaban J connectivity index is 0.00000385. The Labute approximate surface area is 216 Å². The maximum Gasteiger partial charge on any atom is 0.244 e. The van der Waals surface area contributed by atoms with Crippen molar-refractivity contribution in [3.63, 3.8) is 0 Å². The molecule has 0 bridgehead atoms. The van der Waals surface area contributed by atoms with Crippen LogP contribution in [-0.2, 0) is 20.8 Å². The predicted octanol–water partition coefficient (Wildman–Crippen LogP) is 3.67. The molecule has 2 saturated heterocycles. The van der Waals surface area contributed by atoms with Gasteiger partial charge in [-0.25, -0.2) is 4.99 Å². The first kappa shape index (κ1) is 27.9. The zero-order chi connectivity index (χ0) is 22.6. The number of guanidine groups is 1. The van der Waals surface area contributed by atoms with E-state index in [9.17, 15) is 4.79 Å². The van der Waals surface area contributed by atoms with Gasteiger partial charge in [0.05, 0.1) is 18.8 Å². The van der Waals surface area contributed by atoms with Gasteiger partial charge in [-0.3, -0.25) is 4.79 Å². The third kappa shape index (κ3) is 9.41. The van der Waals surface area contributed by atoms with E-state index < -0.39 is 0 Å². The number of nitrogens with zero attached hydrogens (tertiary/aromatic N) is 3. The quantitative estimate of drug-likeness (QED) is 0.278. The molecule has 2 heterocycles. The molecule has 3 rings (SSSR count). The number of hydrogen-bond donors (Lipinski definition) is 1. The molecular weight excluding hydrogens is 531 g/mol. The van der Waals surface area contributed by atoms with Gasteiger partial charge in [0.25, 0.3) is 0 Å². The van der Waals surface area contributed by atoms with Crippen molar-refractivity contribution in [2.75, 3.05) is 45.9 Å². The van der Waals surface area contributed by atoms with Gasteiger partial charge in [-0.05, 0) is 51.5 Å². The Morgan fingerprint density at radius 2 is 1.94 bits per heavy atom. The van der Waals surface area contributed by atoms with Crippen LogP contribution in [0.4, 0.5) is 0 Å². The number of amides is 1. The number of carbonyl (C=O) groups is 1. The van der Waals surface area contributed by atoms with Gasteiger partial charge in [0.2, 0.25) is 5.91 Å². The molecule has 1 atom stereocenters. The number of ether oxygens (including phenoxy) is 2. The van der Waals surface area contributed by atoms with Crippen molar-refractivity contribution >= 4 is 35.8 Å². The average Bonchev–Trinajstić information content (AvgIpc) is 2.85. The first-order valence-electron chi connectivity index (χ1n) is 12.3. The molecule has 1 unspecified atom stereocenters. The minimum Gasteiger partial charge on any atom is -0.376 e. The summed E-state index contributed by atoms with van der Waals surface area (Å²) in [6.07, 6.45) is 6.02. The van der Waals surface area contributed by atoms with E-state index in [0.717, 1.165) is 57.0 Å². The fraction of sp³-hybridized carbons (Fsp3) is 0.680. The lowest BCUT2D eigenvalue weighted by Gasteiger charge is -2.35. The van der Waals surface area contributed by atoms with Crippen LogP contribution in [-0.4, -0.2) is 79.8 Å². The van der Waals surface area contributed by atoms with Crippen LogP contribution in [0.3, 0.4) is 0 Å². The SMILES string of the molecule is CCNC(=NCC(=O)N(CC)Cc1ccccc1)N1CCC(OCC2CCCCO2)CC1.I. The summed E-state index contributed by atoms with van der Waals surface area (Å²) in [6.45, 7) is 9.67. The molecule has 7 nitrogen and oxygen atoms in total. The molecule has 186 valence electrons. The van der Waals surface area contributed by atoms with E-state index in [0.29, 0.717) is 19.7 Å². The van der Waals surface area contributed by atoms with Crippen LogP contribution < -0.4 is 5.32 Å². The third-order valence-electron chi connectivity index (χ3n) is 6.18. The number of likely N-dealkylation sites (N-methyl/N-ethyl adjacent to an activating group) is 1. The maximum atomic E-state index is 12.8. The summed E-state index contributed by atoms with van der Waals surface area (Å²) in [7, 11) is 0. The standard InChI is InChI=1S/C25H40N4O3.HI/c1-3-26-25(27-18-24(30)28(4-2)19-21-10-6-5-7-11-21)29-15-13-22(14-16-29)32-20-23-12-8-9-17-31-23;/h5-7,10-11,22-23H,3-4,8-9,12-20H2,1-2H3,(H,26,27);1H. The van der Waals surface area contributed by atoms with Crippen LogP contribution >= 0.6 is 24.0 Å². The largest absolute Gasteiger partial charge is 0.376 e. The molecule has 0 aromatic heterocycles. The number of halogens is 1. The van der Waals surface area contributed by atoms with Crippen LogP contribution in [0.1, 0.15) is 51.5 Å². The normalized spacial score (nSPS) is 19.6. The summed E-state index contributed by atoms with van der Waals surface area (Å²) in [4.78, 5) is 21.6. The molecule has 1 aromatic carbocycles. The number of aliphatic imine (C=N–C) groups is 1. The summed E-state index contributed by atoms with van der Waals surface area (Å²) < 4.78 is 11.9. The first-order chi connectivity index (χ1) is 15.7. The Morgan fingerprint density at radius 1 is 1.18 bits per heavy atom. The van der Waals surface area contributed by atoms with E-state index in [4.69, 9.17) is 9.47 Å². The summed E-state index contributed by atoms with van der Waals surface area (Å²) >= 11 is 0. The summed E-state index contributed by atoms with van der Waals surface area (Å²) in [5.41, 5.74) is 1.14. The highest BCUT2D eigenvalue weighted by Gasteiger charge is 2.24. The number of benzene rings is 1. The number of nitrogens with one attached hydrogen (secondary N) is 1. The summed E-state index contributed by atoms with van der Waals surface area (Å²) in [6, 6.07) is 10.1. The van der Waals surface area contributed by atoms with E-state index >= 15 is 0 Å². The van der Waals surface area contributed by atoms with Gasteiger partial charge in [0.15, 0.2) is 5.96 Å². The van der Waals surface area contributed by atoms with Gasteiger partial charge in [-0.15, -0.1) is 24.0 Å². The van der Waals surface area contributed by atoms with Gasteiger partial charge < -0.3 is 24.6 Å². The number of piperidine rings is 1. The lowest BCUT2D eigenvalue weighted by molar-refractivity contribution is -0.130. The van der Waals surface area contributed by atoms with Crippen LogP contribution in [0, 0.1) is 0 Å². The molecule has 0 saturated carbocycles. The highest BCUT2D eigenvalue weighted by Crippen LogP contribution is 2.18. The highest BCUT2D eigenvalue weighted by molar-refractivity contribution is 14.0. The fourth-order valence-corrected chi connectivity index (χ4v) is 4.26. The molecule has 33 heavy (non-hydrogen) atoms. The maximum absolute atomic E-state index is 12.8. The molecule has 8 heteroatoms. The van der Waals surface area contributed by atoms with Crippen molar-refractivity contribution in [3.05, 3.63) is 35.9 Å². The molecule has 0 radical (unpaired) electrons. The molecular formula is C25H41IN4O3. The van der Waals surface area contributed by atoms with Crippen LogP contribution in [0.2, 0.25) is 0 Å². The van der Waals surface area contributed by atoms with E-state index in [1.165, 1.54) is 12.8 Å². The Hall–Kier alpha value is -1.39. The molecule has 0 aliphatic carbocycles. The Bertz CT molecular complexity index is 705. The minimum absolute atomic E-state index is 0. The monoisotopic (exact) mass is 572 g/mol. The van der Waals surface area contributed by atoms with Gasteiger partial charge in [-0.2, -0.15) is 0 Å². The zero-order valence-corrected chi connectivity index (χ0v) is 22.5. The predicted molar refractivity (Wildman–Crippen MR) is 143 cm³/mol. The van der Waals surface area contributed by atoms with Crippen molar-refractivity contribution in [2.24, 2.45) is 4.99 Å². The third-order valence-corrected chi connectivity index (χ3v) is 6.18. The van der Waals surface area contributed by atoms with Crippen molar-refractivity contribution in [1.29, 1.82) is 0 Å². The smallest absolute Gasteiger partial charge is 0.244 e. The van der Waals surface area contributed by atoms with Crippen molar-refractivity contribution in [1.82, 2.24) is 15.1 Å². The van der Waals surface area contributed by atoms with Crippen molar-refractivity contribution in [2.45, 2.75) is 64.7 Å². The lowest BCUT2D eigenvalue weighted by Crippen LogP contribution is -2.47. The first-order valence-corrected chi connectivity index (χ1v) is 12.3. The van der Waals surface area contributed by atoms with Gasteiger partial charge in [0, 0.05) is 39.3 Å². The van der Waals surface area contributed by atoms with E-state index in [-0.39, 0.29) is 48.6 Å². The topological polar surface area (TPSA) is 66.4 Å². The second-order valence-electron chi connectivity index (χ2n) is 8.57. The van der Waals surface area contributed by atoms with Gasteiger partial charge >= 0.3 is 0 Å². The summed E-state index contributed by atoms with van der Waals surface area (Å²) in [5.74, 6) is 0.878. The average molecular weight is 573 g/mol. The zero-order valence-electron chi connectivity index (χ0n) is 20.2. The molecule has 1 amide bonds. The molecule has 1 N–H and O–H groups in total. The number of rotatable bonds is 9. The van der Waals surface area contributed by atoms with E-state index in [2.05, 4.69) is 34.3 Å². The van der Waals surface area contributed by atoms with Crippen LogP contribution in [0.25, 0.3) is 0 Å². The number of carbonyl (C=O) groups excluding carboxylic acids is 1. The second-order valence-corrected chi connectivity index (χ2v) is 8.57. The minimum atomic E-state index is 0. The highest BCUT2D eigenvalue weighted by atomic mass is 127. The number of hydrogen-bond acceptors (Lipinski definition) is 4. The van der Waals surface area contributed by atoms with Gasteiger partial charge in [-0.1, -0.05) is 30.3 Å². The molecule has 2 aliphatic heterocycles. The lowest BCUT2D eigenvalue weighted by atomic mass is 10.1. The van der Waals surface area contributed by atoms with Gasteiger partial charge in [0.1, 0.15) is 6.54 Å². The van der Waals surface area contributed by atoms with Crippen LogP contribution in [0.15, 0.2) is 35.3 Å². The fourth-order valence-electron chi connectivity index (χ4n) is 4.26. The Morgan fingerprint density at radius 3 is 2.58 bits per heavy atom. The molecule has 1 aromatic rings. The van der Waals surface area contributed by atoms with Crippen molar-refractivity contribution in [3.8, 4) is 0 Å². The van der Waals surface area contributed by atoms with E-state index in [1.807, 2.05) is 30.0 Å². The van der Waals surface area contributed by atoms with E-state index in [1.54, 1.807) is 0 Å².